The Hall–Kier alpha value is -3.66. The third-order valence-electron chi connectivity index (χ3n) is 6.00. The second-order valence-corrected chi connectivity index (χ2v) is 8.05. The van der Waals surface area contributed by atoms with Gasteiger partial charge in [0.25, 0.3) is 5.91 Å². The summed E-state index contributed by atoms with van der Waals surface area (Å²) in [6.07, 6.45) is 0.884. The van der Waals surface area contributed by atoms with Gasteiger partial charge < -0.3 is 9.64 Å². The number of pyridine rings is 1. The lowest BCUT2D eigenvalue weighted by Gasteiger charge is -2.29. The lowest BCUT2D eigenvalue weighted by molar-refractivity contribution is 0.0736. The van der Waals surface area contributed by atoms with Crippen molar-refractivity contribution in [2.24, 2.45) is 0 Å². The van der Waals surface area contributed by atoms with Gasteiger partial charge in [0.05, 0.1) is 23.9 Å². The van der Waals surface area contributed by atoms with Crippen LogP contribution in [0.5, 0.6) is 5.75 Å². The van der Waals surface area contributed by atoms with Gasteiger partial charge in [-0.3, -0.25) is 4.79 Å². The van der Waals surface area contributed by atoms with Crippen LogP contribution >= 0.6 is 0 Å². The van der Waals surface area contributed by atoms with Crippen LogP contribution in [0.25, 0.3) is 22.2 Å². The van der Waals surface area contributed by atoms with Gasteiger partial charge in [0.1, 0.15) is 5.75 Å². The fourth-order valence-corrected chi connectivity index (χ4v) is 4.27. The van der Waals surface area contributed by atoms with Gasteiger partial charge >= 0.3 is 0 Å². The minimum absolute atomic E-state index is 0.0577. The number of hydrogen-bond acceptors (Lipinski definition) is 3. The molecule has 5 rings (SSSR count). The van der Waals surface area contributed by atoms with E-state index in [-0.39, 0.29) is 5.91 Å². The first-order valence-corrected chi connectivity index (χ1v) is 10.5. The lowest BCUT2D eigenvalue weighted by atomic mass is 9.97. The number of fused-ring (bicyclic) bond motifs is 2. The molecule has 1 amide bonds. The molecule has 154 valence electrons. The summed E-state index contributed by atoms with van der Waals surface area (Å²) in [5.74, 6) is 0.853. The van der Waals surface area contributed by atoms with E-state index in [2.05, 4.69) is 24.3 Å². The van der Waals surface area contributed by atoms with E-state index < -0.39 is 0 Å². The van der Waals surface area contributed by atoms with Gasteiger partial charge in [0, 0.05) is 24.0 Å². The molecule has 2 heterocycles. The van der Waals surface area contributed by atoms with Crippen LogP contribution in [0.2, 0.25) is 0 Å². The molecule has 0 saturated carbocycles. The average Bonchev–Trinajstić information content (AvgIpc) is 2.82. The number of rotatable bonds is 3. The standard InChI is InChI=1S/C27H24N2O2/c1-18-7-12-25-23(15-18)24(16-26(28-25)20-8-10-22(31-2)11-9-20)27(30)29-14-13-19-5-3-4-6-21(19)17-29/h3-12,15-16H,13-14,17H2,1-2H3. The predicted molar refractivity (Wildman–Crippen MR) is 123 cm³/mol. The van der Waals surface area contributed by atoms with E-state index in [0.717, 1.165) is 46.4 Å². The number of amides is 1. The number of carbonyl (C=O) groups is 1. The molecule has 0 fully saturated rings. The Morgan fingerprint density at radius 1 is 0.968 bits per heavy atom. The predicted octanol–water partition coefficient (Wildman–Crippen LogP) is 5.42. The SMILES string of the molecule is COc1ccc(-c2cc(C(=O)N3CCc4ccccc4C3)c3cc(C)ccc3n2)cc1. The number of aryl methyl sites for hydroxylation is 1. The van der Waals surface area contributed by atoms with E-state index >= 15 is 0 Å². The Kier molecular flexibility index (Phi) is 4.91. The average molecular weight is 409 g/mol. The first kappa shape index (κ1) is 19.3. The maximum absolute atomic E-state index is 13.7. The van der Waals surface area contributed by atoms with Crippen LogP contribution < -0.4 is 4.74 Å². The number of hydrogen-bond donors (Lipinski definition) is 0. The minimum Gasteiger partial charge on any atom is -0.497 e. The molecule has 0 unspecified atom stereocenters. The van der Waals surface area contributed by atoms with Gasteiger partial charge in [-0.2, -0.15) is 0 Å². The number of benzene rings is 3. The number of aromatic nitrogens is 1. The zero-order chi connectivity index (χ0) is 21.4. The van der Waals surface area contributed by atoms with Crippen molar-refractivity contribution in [1.82, 2.24) is 9.88 Å². The second kappa shape index (κ2) is 7.88. The van der Waals surface area contributed by atoms with E-state index in [0.29, 0.717) is 12.1 Å². The van der Waals surface area contributed by atoms with Crippen LogP contribution in [0.3, 0.4) is 0 Å². The number of methoxy groups -OCH3 is 1. The van der Waals surface area contributed by atoms with Crippen molar-refractivity contribution in [3.8, 4) is 17.0 Å². The van der Waals surface area contributed by atoms with Crippen molar-refractivity contribution in [2.45, 2.75) is 19.9 Å². The summed E-state index contributed by atoms with van der Waals surface area (Å²) in [5, 5.41) is 0.904. The molecule has 0 spiro atoms. The normalized spacial score (nSPS) is 13.2. The molecule has 0 atom stereocenters. The molecular formula is C27H24N2O2. The third-order valence-corrected chi connectivity index (χ3v) is 6.00. The van der Waals surface area contributed by atoms with Gasteiger partial charge in [0.2, 0.25) is 0 Å². The summed E-state index contributed by atoms with van der Waals surface area (Å²) >= 11 is 0. The summed E-state index contributed by atoms with van der Waals surface area (Å²) in [6, 6.07) is 24.2. The molecule has 4 aromatic rings. The van der Waals surface area contributed by atoms with E-state index in [4.69, 9.17) is 9.72 Å². The molecule has 4 nitrogen and oxygen atoms in total. The Morgan fingerprint density at radius 3 is 2.52 bits per heavy atom. The van der Waals surface area contributed by atoms with Crippen molar-refractivity contribution in [1.29, 1.82) is 0 Å². The monoisotopic (exact) mass is 408 g/mol. The van der Waals surface area contributed by atoms with E-state index in [1.807, 2.05) is 60.4 Å². The highest BCUT2D eigenvalue weighted by Crippen LogP contribution is 2.29. The Balaban J connectivity index is 1.59. The maximum atomic E-state index is 13.7. The van der Waals surface area contributed by atoms with Crippen LogP contribution in [0, 0.1) is 6.92 Å². The topological polar surface area (TPSA) is 42.4 Å². The van der Waals surface area contributed by atoms with Crippen molar-refractivity contribution < 1.29 is 9.53 Å². The largest absolute Gasteiger partial charge is 0.497 e. The zero-order valence-corrected chi connectivity index (χ0v) is 17.8. The van der Waals surface area contributed by atoms with Crippen LogP contribution in [0.4, 0.5) is 0 Å². The highest BCUT2D eigenvalue weighted by atomic mass is 16.5. The molecular weight excluding hydrogens is 384 g/mol. The lowest BCUT2D eigenvalue weighted by Crippen LogP contribution is -2.36. The van der Waals surface area contributed by atoms with Gasteiger partial charge in [-0.15, -0.1) is 0 Å². The minimum atomic E-state index is 0.0577. The van der Waals surface area contributed by atoms with E-state index in [1.165, 1.54) is 11.1 Å². The highest BCUT2D eigenvalue weighted by molar-refractivity contribution is 6.07. The molecule has 0 N–H and O–H groups in total. The number of nitrogens with zero attached hydrogens (tertiary/aromatic N) is 2. The van der Waals surface area contributed by atoms with E-state index in [9.17, 15) is 4.79 Å². The molecule has 4 heteroatoms. The molecule has 1 aliphatic heterocycles. The fraction of sp³-hybridized carbons (Fsp3) is 0.185. The molecule has 1 aliphatic rings. The molecule has 0 bridgehead atoms. The second-order valence-electron chi connectivity index (χ2n) is 8.05. The maximum Gasteiger partial charge on any atom is 0.254 e. The summed E-state index contributed by atoms with van der Waals surface area (Å²) in [4.78, 5) is 20.5. The number of carbonyl (C=O) groups excluding carboxylic acids is 1. The van der Waals surface area contributed by atoms with Gasteiger partial charge in [0.15, 0.2) is 0 Å². The molecule has 0 radical (unpaired) electrons. The van der Waals surface area contributed by atoms with Gasteiger partial charge in [-0.1, -0.05) is 35.9 Å². The van der Waals surface area contributed by atoms with Crippen molar-refractivity contribution in [2.75, 3.05) is 13.7 Å². The Morgan fingerprint density at radius 2 is 1.74 bits per heavy atom. The summed E-state index contributed by atoms with van der Waals surface area (Å²) in [7, 11) is 1.65. The first-order chi connectivity index (χ1) is 15.1. The van der Waals surface area contributed by atoms with Crippen LogP contribution in [0.15, 0.2) is 72.8 Å². The van der Waals surface area contributed by atoms with Crippen LogP contribution in [0.1, 0.15) is 27.0 Å². The molecule has 3 aromatic carbocycles. The molecule has 31 heavy (non-hydrogen) atoms. The fourth-order valence-electron chi connectivity index (χ4n) is 4.27. The highest BCUT2D eigenvalue weighted by Gasteiger charge is 2.24. The van der Waals surface area contributed by atoms with Crippen LogP contribution in [-0.4, -0.2) is 29.4 Å². The van der Waals surface area contributed by atoms with Gasteiger partial charge in [-0.05, 0) is 66.9 Å². The molecule has 0 aliphatic carbocycles. The Labute approximate surface area is 182 Å². The van der Waals surface area contributed by atoms with Gasteiger partial charge in [-0.25, -0.2) is 4.98 Å². The van der Waals surface area contributed by atoms with E-state index in [1.54, 1.807) is 7.11 Å². The quantitative estimate of drug-likeness (QED) is 0.455. The molecule has 1 aromatic heterocycles. The van der Waals surface area contributed by atoms with Crippen molar-refractivity contribution in [3.63, 3.8) is 0 Å². The molecule has 0 saturated heterocycles. The smallest absolute Gasteiger partial charge is 0.254 e. The Bertz CT molecular complexity index is 1280. The summed E-state index contributed by atoms with van der Waals surface area (Å²) in [5.41, 5.74) is 6.97. The third kappa shape index (κ3) is 3.66. The number of ether oxygens (including phenoxy) is 1. The zero-order valence-electron chi connectivity index (χ0n) is 17.8. The summed E-state index contributed by atoms with van der Waals surface area (Å²) in [6.45, 7) is 3.41. The van der Waals surface area contributed by atoms with Crippen LogP contribution in [-0.2, 0) is 13.0 Å². The van der Waals surface area contributed by atoms with Crippen molar-refractivity contribution in [3.05, 3.63) is 95.1 Å². The first-order valence-electron chi connectivity index (χ1n) is 10.5. The summed E-state index contributed by atoms with van der Waals surface area (Å²) < 4.78 is 5.28. The van der Waals surface area contributed by atoms with Crippen molar-refractivity contribution >= 4 is 16.8 Å².